The second kappa shape index (κ2) is 10.0. The fraction of sp³-hybridized carbons (Fsp3) is 0.591. The number of alkyl halides is 2. The fourth-order valence-corrected chi connectivity index (χ4v) is 2.96. The molecule has 2 aromatic rings. The third-order valence-corrected chi connectivity index (χ3v) is 4.73. The van der Waals surface area contributed by atoms with Crippen LogP contribution in [0, 0.1) is 5.92 Å². The van der Waals surface area contributed by atoms with Gasteiger partial charge in [-0.1, -0.05) is 27.2 Å². The Morgan fingerprint density at radius 3 is 2.64 bits per heavy atom. The van der Waals surface area contributed by atoms with Gasteiger partial charge in [-0.2, -0.15) is 5.10 Å². The van der Waals surface area contributed by atoms with Gasteiger partial charge < -0.3 is 9.64 Å². The Labute approximate surface area is 167 Å². The topological polar surface area (TPSA) is 41.2 Å². The number of benzene rings is 1. The van der Waals surface area contributed by atoms with E-state index in [2.05, 4.69) is 42.9 Å². The second-order valence-corrected chi connectivity index (χ2v) is 8.02. The molecule has 0 fully saturated rings. The minimum atomic E-state index is -2.94. The Hall–Kier alpha value is -1.95. The van der Waals surface area contributed by atoms with Crippen LogP contribution in [0.25, 0.3) is 11.1 Å². The first-order chi connectivity index (χ1) is 13.2. The molecule has 4 nitrogen and oxygen atoms in total. The van der Waals surface area contributed by atoms with Crippen molar-refractivity contribution in [1.29, 1.82) is 0 Å². The molecule has 0 aliphatic rings. The number of hydrogen-bond acceptors (Lipinski definition) is 3. The number of nitrogens with zero attached hydrogens (tertiary/aromatic N) is 2. The van der Waals surface area contributed by atoms with Crippen molar-refractivity contribution in [2.75, 3.05) is 20.2 Å². The van der Waals surface area contributed by atoms with Gasteiger partial charge in [-0.05, 0) is 56.1 Å². The van der Waals surface area contributed by atoms with Gasteiger partial charge in [0.2, 0.25) is 0 Å². The molecule has 1 aromatic heterocycles. The molecule has 0 saturated heterocycles. The number of ether oxygens (including phenoxy) is 1. The lowest BCUT2D eigenvalue weighted by molar-refractivity contribution is 0.0172. The average molecular weight is 394 g/mol. The molecule has 1 heterocycles. The van der Waals surface area contributed by atoms with Gasteiger partial charge in [0.05, 0.1) is 18.5 Å². The lowest BCUT2D eigenvalue weighted by atomic mass is 10.00. The van der Waals surface area contributed by atoms with Crippen molar-refractivity contribution < 1.29 is 13.5 Å². The Morgan fingerprint density at radius 1 is 1.25 bits per heavy atom. The van der Waals surface area contributed by atoms with Crippen molar-refractivity contribution in [1.82, 2.24) is 15.1 Å². The standard InChI is InChI=1S/C22H33F2N3O/c1-6-7-9-27(5)15-21-20(14-25-26-21)17-11-18(22(4,23)24)13-19(12-17)28-10-8-16(2)3/h11-14,16H,6-10,15H2,1-5H3,(H,25,26). The van der Waals surface area contributed by atoms with Crippen LogP contribution in [0.15, 0.2) is 24.4 Å². The van der Waals surface area contributed by atoms with Crippen LogP contribution in [0.3, 0.4) is 0 Å². The quantitative estimate of drug-likeness (QED) is 0.521. The minimum absolute atomic E-state index is 0.0453. The highest BCUT2D eigenvalue weighted by molar-refractivity contribution is 5.68. The summed E-state index contributed by atoms with van der Waals surface area (Å²) in [6.07, 6.45) is 4.82. The van der Waals surface area contributed by atoms with E-state index in [4.69, 9.17) is 4.74 Å². The van der Waals surface area contributed by atoms with E-state index >= 15 is 0 Å². The number of rotatable bonds is 11. The Balaban J connectivity index is 2.30. The third-order valence-electron chi connectivity index (χ3n) is 4.73. The highest BCUT2D eigenvalue weighted by Crippen LogP contribution is 2.35. The van der Waals surface area contributed by atoms with Crippen LogP contribution >= 0.6 is 0 Å². The van der Waals surface area contributed by atoms with E-state index in [0.717, 1.165) is 44.0 Å². The van der Waals surface area contributed by atoms with Crippen molar-refractivity contribution in [2.24, 2.45) is 5.92 Å². The molecule has 28 heavy (non-hydrogen) atoms. The number of H-pyrrole nitrogens is 1. The lowest BCUT2D eigenvalue weighted by Gasteiger charge is -2.18. The summed E-state index contributed by atoms with van der Waals surface area (Å²) in [6, 6.07) is 4.81. The SMILES string of the molecule is CCCCN(C)Cc1[nH]ncc1-c1cc(OCCC(C)C)cc(C(C)(F)F)c1. The molecular formula is C22H33F2N3O. The van der Waals surface area contributed by atoms with Crippen LogP contribution in [0.4, 0.5) is 8.78 Å². The van der Waals surface area contributed by atoms with Crippen molar-refractivity contribution in [2.45, 2.75) is 59.4 Å². The van der Waals surface area contributed by atoms with Gasteiger partial charge in [0.15, 0.2) is 0 Å². The summed E-state index contributed by atoms with van der Waals surface area (Å²) in [6.45, 7) is 9.47. The van der Waals surface area contributed by atoms with Crippen molar-refractivity contribution >= 4 is 0 Å². The molecule has 0 radical (unpaired) electrons. The molecule has 2 rings (SSSR count). The molecule has 0 atom stereocenters. The number of hydrogen-bond donors (Lipinski definition) is 1. The molecule has 0 bridgehead atoms. The average Bonchev–Trinajstić information content (AvgIpc) is 3.06. The van der Waals surface area contributed by atoms with Gasteiger partial charge in [-0.3, -0.25) is 5.10 Å². The number of halogens is 2. The number of aromatic nitrogens is 2. The van der Waals surface area contributed by atoms with Gasteiger partial charge in [-0.25, -0.2) is 8.78 Å². The molecule has 1 N–H and O–H groups in total. The molecule has 0 saturated carbocycles. The maximum atomic E-state index is 14.1. The zero-order chi connectivity index (χ0) is 20.7. The van der Waals surface area contributed by atoms with Crippen molar-refractivity contribution in [3.63, 3.8) is 0 Å². The van der Waals surface area contributed by atoms with Gasteiger partial charge >= 0.3 is 0 Å². The lowest BCUT2D eigenvalue weighted by Crippen LogP contribution is -2.19. The van der Waals surface area contributed by atoms with Crippen LogP contribution in [0.5, 0.6) is 5.75 Å². The zero-order valence-electron chi connectivity index (χ0n) is 17.7. The summed E-state index contributed by atoms with van der Waals surface area (Å²) in [5, 5.41) is 7.19. The molecule has 0 amide bonds. The van der Waals surface area contributed by atoms with Crippen molar-refractivity contribution in [3.05, 3.63) is 35.7 Å². The molecule has 0 unspecified atom stereocenters. The van der Waals surface area contributed by atoms with Crippen LogP contribution in [0.1, 0.15) is 58.2 Å². The summed E-state index contributed by atoms with van der Waals surface area (Å²) in [5.74, 6) is -1.97. The maximum absolute atomic E-state index is 14.1. The van der Waals surface area contributed by atoms with E-state index in [9.17, 15) is 8.78 Å². The van der Waals surface area contributed by atoms with Crippen molar-refractivity contribution in [3.8, 4) is 16.9 Å². The van der Waals surface area contributed by atoms with Gasteiger partial charge in [0.25, 0.3) is 5.92 Å². The normalized spacial score (nSPS) is 12.2. The highest BCUT2D eigenvalue weighted by atomic mass is 19.3. The Kier molecular flexibility index (Phi) is 7.98. The summed E-state index contributed by atoms with van der Waals surface area (Å²) >= 11 is 0. The summed E-state index contributed by atoms with van der Waals surface area (Å²) in [4.78, 5) is 2.21. The molecular weight excluding hydrogens is 360 g/mol. The monoisotopic (exact) mass is 393 g/mol. The number of unbranched alkanes of at least 4 members (excludes halogenated alkanes) is 1. The zero-order valence-corrected chi connectivity index (χ0v) is 17.7. The minimum Gasteiger partial charge on any atom is -0.494 e. The number of aromatic amines is 1. The van der Waals surface area contributed by atoms with Crippen LogP contribution in [0.2, 0.25) is 0 Å². The fourth-order valence-electron chi connectivity index (χ4n) is 2.96. The maximum Gasteiger partial charge on any atom is 0.270 e. The largest absolute Gasteiger partial charge is 0.494 e. The third kappa shape index (κ3) is 6.59. The summed E-state index contributed by atoms with van der Waals surface area (Å²) in [7, 11) is 2.05. The molecule has 6 heteroatoms. The molecule has 0 aliphatic carbocycles. The van der Waals surface area contributed by atoms with E-state index in [1.807, 2.05) is 6.07 Å². The molecule has 0 aliphatic heterocycles. The van der Waals surface area contributed by atoms with E-state index in [1.165, 1.54) is 12.1 Å². The summed E-state index contributed by atoms with van der Waals surface area (Å²) in [5.41, 5.74) is 2.41. The predicted molar refractivity (Wildman–Crippen MR) is 110 cm³/mol. The Morgan fingerprint density at radius 2 is 2.00 bits per heavy atom. The van der Waals surface area contributed by atoms with Gasteiger partial charge in [0.1, 0.15) is 5.75 Å². The van der Waals surface area contributed by atoms with Gasteiger partial charge in [-0.15, -0.1) is 0 Å². The first-order valence-electron chi connectivity index (χ1n) is 10.1. The first-order valence-corrected chi connectivity index (χ1v) is 10.1. The van der Waals surface area contributed by atoms with E-state index < -0.39 is 5.92 Å². The highest BCUT2D eigenvalue weighted by Gasteiger charge is 2.26. The van der Waals surface area contributed by atoms with E-state index in [0.29, 0.717) is 30.4 Å². The van der Waals surface area contributed by atoms with Crippen LogP contribution in [-0.4, -0.2) is 35.3 Å². The molecule has 1 aromatic carbocycles. The Bertz CT molecular complexity index is 738. The second-order valence-electron chi connectivity index (χ2n) is 8.02. The first kappa shape index (κ1) is 22.3. The van der Waals surface area contributed by atoms with Crippen LogP contribution in [-0.2, 0) is 12.5 Å². The molecule has 0 spiro atoms. The predicted octanol–water partition coefficient (Wildman–Crippen LogP) is 5.85. The number of nitrogens with one attached hydrogen (secondary N) is 1. The summed E-state index contributed by atoms with van der Waals surface area (Å²) < 4.78 is 33.9. The van der Waals surface area contributed by atoms with E-state index in [1.54, 1.807) is 6.20 Å². The van der Waals surface area contributed by atoms with E-state index in [-0.39, 0.29) is 5.56 Å². The van der Waals surface area contributed by atoms with Gasteiger partial charge in [0, 0.05) is 24.6 Å². The smallest absolute Gasteiger partial charge is 0.270 e. The molecule has 156 valence electrons. The van der Waals surface area contributed by atoms with Crippen LogP contribution < -0.4 is 4.74 Å².